The van der Waals surface area contributed by atoms with Gasteiger partial charge >= 0.3 is 7.60 Å². The summed E-state index contributed by atoms with van der Waals surface area (Å²) in [7, 11) is -4.04. The largest absolute Gasteiger partial charge is 0.365 e. The highest BCUT2D eigenvalue weighted by Crippen LogP contribution is 2.33. The van der Waals surface area contributed by atoms with Crippen LogP contribution in [0.15, 0.2) is 23.3 Å². The zero-order valence-corrected chi connectivity index (χ0v) is 14.7. The minimum Gasteiger partial charge on any atom is -0.365 e. The molecule has 0 aliphatic heterocycles. The van der Waals surface area contributed by atoms with E-state index in [0.717, 1.165) is 18.8 Å². The van der Waals surface area contributed by atoms with Crippen molar-refractivity contribution in [1.29, 1.82) is 0 Å². The van der Waals surface area contributed by atoms with E-state index >= 15 is 0 Å². The van der Waals surface area contributed by atoms with Crippen LogP contribution in [0.1, 0.15) is 59.8 Å². The highest BCUT2D eigenvalue weighted by molar-refractivity contribution is 7.51. The molecule has 0 heterocycles. The summed E-state index contributed by atoms with van der Waals surface area (Å²) in [5.41, 5.74) is 2.63. The monoisotopic (exact) mass is 318 g/mol. The lowest BCUT2D eigenvalue weighted by atomic mass is 10.0. The Labute approximate surface area is 129 Å². The fraction of sp³-hybridized carbons (Fsp3) is 0.750. The second-order valence-corrected chi connectivity index (χ2v) is 7.68. The predicted molar refractivity (Wildman–Crippen MR) is 88.3 cm³/mol. The molecular formula is C16H31O4P. The van der Waals surface area contributed by atoms with Crippen LogP contribution in [0.3, 0.4) is 0 Å². The molecule has 0 aromatic rings. The molecule has 0 atom stereocenters. The van der Waals surface area contributed by atoms with E-state index in [1.54, 1.807) is 0 Å². The fourth-order valence-corrected chi connectivity index (χ4v) is 2.26. The molecule has 0 bridgehead atoms. The van der Waals surface area contributed by atoms with Gasteiger partial charge in [0.2, 0.25) is 0 Å². The molecular weight excluding hydrogens is 287 g/mol. The van der Waals surface area contributed by atoms with Gasteiger partial charge in [-0.3, -0.25) is 4.57 Å². The molecule has 4 nitrogen and oxygen atoms in total. The van der Waals surface area contributed by atoms with E-state index in [1.165, 1.54) is 30.4 Å². The average molecular weight is 318 g/mol. The first-order valence-corrected chi connectivity index (χ1v) is 9.44. The Morgan fingerprint density at radius 3 is 2.33 bits per heavy atom. The number of hydrogen-bond donors (Lipinski definition) is 2. The second kappa shape index (κ2) is 11.2. The van der Waals surface area contributed by atoms with Gasteiger partial charge in [0.15, 0.2) is 0 Å². The smallest absolute Gasteiger partial charge is 0.350 e. The SMILES string of the molecule is CC(=CCOCP(=O)(O)O)CCC=C(C)CCCC(C)C. The minimum absolute atomic E-state index is 0.258. The highest BCUT2D eigenvalue weighted by Gasteiger charge is 2.11. The van der Waals surface area contributed by atoms with Crippen LogP contribution in [0.2, 0.25) is 0 Å². The summed E-state index contributed by atoms with van der Waals surface area (Å²) in [5, 5.41) is 0. The Balaban J connectivity index is 3.80. The van der Waals surface area contributed by atoms with Gasteiger partial charge in [-0.25, -0.2) is 0 Å². The van der Waals surface area contributed by atoms with Crippen molar-refractivity contribution in [2.75, 3.05) is 13.0 Å². The van der Waals surface area contributed by atoms with Crippen molar-refractivity contribution in [3.8, 4) is 0 Å². The van der Waals surface area contributed by atoms with Crippen molar-refractivity contribution in [3.63, 3.8) is 0 Å². The maximum absolute atomic E-state index is 10.6. The van der Waals surface area contributed by atoms with Gasteiger partial charge in [0.1, 0.15) is 6.35 Å². The van der Waals surface area contributed by atoms with E-state index in [4.69, 9.17) is 14.5 Å². The van der Waals surface area contributed by atoms with Gasteiger partial charge in [-0.1, -0.05) is 43.6 Å². The van der Waals surface area contributed by atoms with E-state index < -0.39 is 13.9 Å². The van der Waals surface area contributed by atoms with Crippen molar-refractivity contribution >= 4 is 7.60 Å². The van der Waals surface area contributed by atoms with E-state index in [9.17, 15) is 4.57 Å². The summed E-state index contributed by atoms with van der Waals surface area (Å²) in [5.74, 6) is 0.774. The lowest BCUT2D eigenvalue weighted by molar-refractivity contribution is 0.184. The van der Waals surface area contributed by atoms with Crippen molar-refractivity contribution in [3.05, 3.63) is 23.3 Å². The van der Waals surface area contributed by atoms with Crippen LogP contribution in [-0.2, 0) is 9.30 Å². The Morgan fingerprint density at radius 1 is 1.14 bits per heavy atom. The van der Waals surface area contributed by atoms with Crippen molar-refractivity contribution in [2.45, 2.75) is 59.8 Å². The van der Waals surface area contributed by atoms with Crippen LogP contribution in [0.5, 0.6) is 0 Å². The molecule has 0 saturated heterocycles. The lowest BCUT2D eigenvalue weighted by Gasteiger charge is -2.05. The van der Waals surface area contributed by atoms with Gasteiger partial charge in [-0.2, -0.15) is 0 Å². The first kappa shape index (κ1) is 20.6. The third-order valence-corrected chi connectivity index (χ3v) is 3.71. The highest BCUT2D eigenvalue weighted by atomic mass is 31.2. The number of ether oxygens (including phenoxy) is 1. The average Bonchev–Trinajstić information content (AvgIpc) is 2.33. The first-order chi connectivity index (χ1) is 9.70. The van der Waals surface area contributed by atoms with E-state index in [1.807, 2.05) is 13.0 Å². The van der Waals surface area contributed by atoms with Gasteiger partial charge in [-0.15, -0.1) is 0 Å². The molecule has 0 spiro atoms. The Hall–Kier alpha value is -0.410. The Morgan fingerprint density at radius 2 is 1.76 bits per heavy atom. The van der Waals surface area contributed by atoms with Crippen molar-refractivity contribution < 1.29 is 19.1 Å². The molecule has 0 saturated carbocycles. The van der Waals surface area contributed by atoms with Crippen LogP contribution in [0, 0.1) is 5.92 Å². The number of hydrogen-bond acceptors (Lipinski definition) is 2. The minimum atomic E-state index is -4.04. The van der Waals surface area contributed by atoms with E-state index in [-0.39, 0.29) is 6.61 Å². The molecule has 0 radical (unpaired) electrons. The molecule has 124 valence electrons. The van der Waals surface area contributed by atoms with E-state index in [2.05, 4.69) is 26.8 Å². The molecule has 21 heavy (non-hydrogen) atoms. The summed E-state index contributed by atoms with van der Waals surface area (Å²) in [6, 6.07) is 0. The van der Waals surface area contributed by atoms with E-state index in [0.29, 0.717) is 0 Å². The molecule has 5 heteroatoms. The zero-order chi connectivity index (χ0) is 16.3. The summed E-state index contributed by atoms with van der Waals surface area (Å²) < 4.78 is 15.5. The topological polar surface area (TPSA) is 66.8 Å². The summed E-state index contributed by atoms with van der Waals surface area (Å²) >= 11 is 0. The van der Waals surface area contributed by atoms with Crippen LogP contribution in [-0.4, -0.2) is 22.7 Å². The normalized spacial score (nSPS) is 14.0. The molecule has 0 unspecified atom stereocenters. The molecule has 2 N–H and O–H groups in total. The molecule has 0 aromatic heterocycles. The number of rotatable bonds is 11. The maximum Gasteiger partial charge on any atom is 0.350 e. The molecule has 0 rings (SSSR count). The Bertz CT molecular complexity index is 380. The third-order valence-electron chi connectivity index (χ3n) is 3.19. The predicted octanol–water partition coefficient (Wildman–Crippen LogP) is 4.64. The van der Waals surface area contributed by atoms with Gasteiger partial charge in [0, 0.05) is 0 Å². The van der Waals surface area contributed by atoms with Crippen LogP contribution in [0.25, 0.3) is 0 Å². The van der Waals surface area contributed by atoms with Gasteiger partial charge in [0.25, 0.3) is 0 Å². The van der Waals surface area contributed by atoms with Crippen molar-refractivity contribution in [1.82, 2.24) is 0 Å². The van der Waals surface area contributed by atoms with Gasteiger partial charge in [0.05, 0.1) is 6.61 Å². The van der Waals surface area contributed by atoms with Crippen LogP contribution < -0.4 is 0 Å². The molecule has 0 amide bonds. The van der Waals surface area contributed by atoms with Gasteiger partial charge in [-0.05, 0) is 45.4 Å². The van der Waals surface area contributed by atoms with Crippen molar-refractivity contribution in [2.24, 2.45) is 5.92 Å². The molecule has 0 aromatic carbocycles. The first-order valence-electron chi connectivity index (χ1n) is 7.64. The standard InChI is InChI=1S/C16H31O4P/c1-14(2)7-5-8-15(3)9-6-10-16(4)11-12-20-13-21(17,18)19/h9,11,14H,5-8,10,12-13H2,1-4H3,(H2,17,18,19). The fourth-order valence-electron chi connectivity index (χ4n) is 1.91. The summed E-state index contributed by atoms with van der Waals surface area (Å²) in [6.45, 7) is 8.96. The summed E-state index contributed by atoms with van der Waals surface area (Å²) in [6.07, 6.45) is 9.34. The quantitative estimate of drug-likeness (QED) is 0.331. The maximum atomic E-state index is 10.6. The van der Waals surface area contributed by atoms with Crippen LogP contribution >= 0.6 is 7.60 Å². The summed E-state index contributed by atoms with van der Waals surface area (Å²) in [4.78, 5) is 17.3. The molecule has 0 fully saturated rings. The molecule has 0 aliphatic carbocycles. The Kier molecular flexibility index (Phi) is 11.0. The van der Waals surface area contributed by atoms with Crippen LogP contribution in [0.4, 0.5) is 0 Å². The van der Waals surface area contributed by atoms with Gasteiger partial charge < -0.3 is 14.5 Å². The molecule has 0 aliphatic rings. The second-order valence-electron chi connectivity index (χ2n) is 6.09. The third kappa shape index (κ3) is 15.8. The lowest BCUT2D eigenvalue weighted by Crippen LogP contribution is -1.95. The zero-order valence-electron chi connectivity index (χ0n) is 13.8. The number of allylic oxidation sites excluding steroid dienone is 3.